The van der Waals surface area contributed by atoms with Crippen molar-refractivity contribution in [3.8, 4) is 0 Å². The normalized spacial score (nSPS) is 10.1. The van der Waals surface area contributed by atoms with Crippen LogP contribution in [0.4, 0.5) is 11.5 Å². The van der Waals surface area contributed by atoms with Gasteiger partial charge in [0.15, 0.2) is 0 Å². The third-order valence-corrected chi connectivity index (χ3v) is 1.80. The Bertz CT molecular complexity index is 407. The van der Waals surface area contributed by atoms with E-state index in [-0.39, 0.29) is 11.5 Å². The van der Waals surface area contributed by atoms with Gasteiger partial charge in [-0.2, -0.15) is 0 Å². The Labute approximate surface area is 80.5 Å². The molecule has 0 amide bonds. The van der Waals surface area contributed by atoms with Crippen molar-refractivity contribution in [2.45, 2.75) is 19.8 Å². The summed E-state index contributed by atoms with van der Waals surface area (Å²) in [5.41, 5.74) is 4.63. The molecular weight excluding hydrogens is 184 g/mol. The highest BCUT2D eigenvalue weighted by atomic mass is 16.2. The van der Waals surface area contributed by atoms with E-state index in [9.17, 15) is 9.59 Å². The quantitative estimate of drug-likeness (QED) is 0.505. The summed E-state index contributed by atoms with van der Waals surface area (Å²) in [5.74, 6) is 0.0786. The molecule has 78 valence electrons. The minimum atomic E-state index is -0.589. The van der Waals surface area contributed by atoms with Crippen LogP contribution >= 0.6 is 0 Å². The lowest BCUT2D eigenvalue weighted by Crippen LogP contribution is -2.27. The third-order valence-electron chi connectivity index (χ3n) is 1.80. The fourth-order valence-electron chi connectivity index (χ4n) is 1.07. The number of aromatic amines is 2. The minimum absolute atomic E-state index is 0.0786. The van der Waals surface area contributed by atoms with Crippen molar-refractivity contribution in [1.82, 2.24) is 9.97 Å². The summed E-state index contributed by atoms with van der Waals surface area (Å²) >= 11 is 0. The molecule has 14 heavy (non-hydrogen) atoms. The maximum Gasteiger partial charge on any atom is 0.327 e. The first-order valence-electron chi connectivity index (χ1n) is 4.51. The zero-order valence-corrected chi connectivity index (χ0v) is 8.02. The second kappa shape index (κ2) is 4.50. The van der Waals surface area contributed by atoms with Crippen molar-refractivity contribution in [3.05, 3.63) is 20.8 Å². The molecule has 0 bridgehead atoms. The van der Waals surface area contributed by atoms with E-state index >= 15 is 0 Å². The van der Waals surface area contributed by atoms with E-state index in [0.29, 0.717) is 6.54 Å². The number of hydrogen-bond donors (Lipinski definition) is 4. The highest BCUT2D eigenvalue weighted by Crippen LogP contribution is 2.05. The van der Waals surface area contributed by atoms with Crippen LogP contribution in [0.1, 0.15) is 19.8 Å². The predicted octanol–water partition coefficient (Wildman–Crippen LogP) is -0.143. The largest absolute Gasteiger partial charge is 0.383 e. The molecule has 1 rings (SSSR count). The van der Waals surface area contributed by atoms with Crippen molar-refractivity contribution < 1.29 is 0 Å². The van der Waals surface area contributed by atoms with Crippen LogP contribution in [0.15, 0.2) is 9.59 Å². The van der Waals surface area contributed by atoms with Crippen LogP contribution in [0.3, 0.4) is 0 Å². The second-order valence-corrected chi connectivity index (χ2v) is 2.98. The number of rotatable bonds is 4. The first kappa shape index (κ1) is 10.4. The molecule has 1 aromatic rings. The fourth-order valence-corrected chi connectivity index (χ4v) is 1.07. The average molecular weight is 198 g/mol. The Morgan fingerprint density at radius 2 is 2.07 bits per heavy atom. The van der Waals surface area contributed by atoms with Gasteiger partial charge in [0.1, 0.15) is 11.5 Å². The van der Waals surface area contributed by atoms with E-state index in [4.69, 9.17) is 5.73 Å². The van der Waals surface area contributed by atoms with Crippen LogP contribution in [-0.2, 0) is 0 Å². The van der Waals surface area contributed by atoms with E-state index in [1.807, 2.05) is 6.92 Å². The minimum Gasteiger partial charge on any atom is -0.383 e. The number of aromatic nitrogens is 2. The second-order valence-electron chi connectivity index (χ2n) is 2.98. The molecule has 0 aromatic carbocycles. The molecule has 5 N–H and O–H groups in total. The molecule has 0 saturated carbocycles. The summed E-state index contributed by atoms with van der Waals surface area (Å²) in [6.07, 6.45) is 1.96. The van der Waals surface area contributed by atoms with E-state index < -0.39 is 11.2 Å². The number of nitrogen functional groups attached to an aromatic ring is 1. The van der Waals surface area contributed by atoms with Gasteiger partial charge < -0.3 is 11.1 Å². The van der Waals surface area contributed by atoms with Crippen molar-refractivity contribution >= 4 is 11.5 Å². The first-order chi connectivity index (χ1) is 6.65. The van der Waals surface area contributed by atoms with Crippen LogP contribution in [0.25, 0.3) is 0 Å². The van der Waals surface area contributed by atoms with Gasteiger partial charge in [0.2, 0.25) is 0 Å². The molecule has 0 aliphatic heterocycles. The summed E-state index contributed by atoms with van der Waals surface area (Å²) in [5, 5.41) is 2.87. The van der Waals surface area contributed by atoms with E-state index in [0.717, 1.165) is 12.8 Å². The molecule has 0 saturated heterocycles. The molecule has 6 heteroatoms. The lowest BCUT2D eigenvalue weighted by molar-refractivity contribution is 0.831. The SMILES string of the molecule is CCCCNc1c(N)[nH]c(=O)[nH]c1=O. The summed E-state index contributed by atoms with van der Waals surface area (Å²) in [4.78, 5) is 26.4. The topological polar surface area (TPSA) is 104 Å². The van der Waals surface area contributed by atoms with Gasteiger partial charge in [-0.05, 0) is 6.42 Å². The van der Waals surface area contributed by atoms with Crippen molar-refractivity contribution in [3.63, 3.8) is 0 Å². The molecule has 0 aliphatic rings. The number of nitrogens with two attached hydrogens (primary N) is 1. The van der Waals surface area contributed by atoms with Crippen LogP contribution in [-0.4, -0.2) is 16.5 Å². The molecule has 0 atom stereocenters. The molecule has 0 radical (unpaired) electrons. The van der Waals surface area contributed by atoms with E-state index in [2.05, 4.69) is 15.3 Å². The van der Waals surface area contributed by atoms with Crippen LogP contribution in [0.5, 0.6) is 0 Å². The molecule has 1 heterocycles. The smallest absolute Gasteiger partial charge is 0.327 e. The van der Waals surface area contributed by atoms with Gasteiger partial charge in [-0.1, -0.05) is 13.3 Å². The van der Waals surface area contributed by atoms with Crippen LogP contribution in [0.2, 0.25) is 0 Å². The molecular formula is C8H14N4O2. The van der Waals surface area contributed by atoms with Gasteiger partial charge in [0.25, 0.3) is 5.56 Å². The van der Waals surface area contributed by atoms with Gasteiger partial charge in [-0.15, -0.1) is 0 Å². The lowest BCUT2D eigenvalue weighted by atomic mass is 10.3. The molecule has 0 aliphatic carbocycles. The summed E-state index contributed by atoms with van der Waals surface area (Å²) in [6.45, 7) is 2.71. The van der Waals surface area contributed by atoms with Crippen LogP contribution < -0.4 is 22.3 Å². The Morgan fingerprint density at radius 3 is 2.64 bits per heavy atom. The van der Waals surface area contributed by atoms with Gasteiger partial charge in [-0.3, -0.25) is 14.8 Å². The standard InChI is InChI=1S/C8H14N4O2/c1-2-3-4-10-5-6(9)11-8(14)12-7(5)13/h10H,2-4H2,1H3,(H4,9,11,12,13,14). The molecule has 0 fully saturated rings. The molecule has 0 spiro atoms. The Kier molecular flexibility index (Phi) is 3.33. The van der Waals surface area contributed by atoms with Crippen molar-refractivity contribution in [2.75, 3.05) is 17.6 Å². The Hall–Kier alpha value is -1.72. The Balaban J connectivity index is 2.86. The Morgan fingerprint density at radius 1 is 1.36 bits per heavy atom. The summed E-state index contributed by atoms with van der Waals surface area (Å²) in [6, 6.07) is 0. The lowest BCUT2D eigenvalue weighted by Gasteiger charge is -2.05. The zero-order chi connectivity index (χ0) is 10.6. The number of nitrogens with one attached hydrogen (secondary N) is 3. The number of unbranched alkanes of at least 4 members (excludes halogenated alkanes) is 1. The zero-order valence-electron chi connectivity index (χ0n) is 8.02. The first-order valence-corrected chi connectivity index (χ1v) is 4.51. The van der Waals surface area contributed by atoms with Crippen LogP contribution in [0, 0.1) is 0 Å². The van der Waals surface area contributed by atoms with E-state index in [1.165, 1.54) is 0 Å². The number of hydrogen-bond acceptors (Lipinski definition) is 4. The maximum atomic E-state index is 11.2. The van der Waals surface area contributed by atoms with Gasteiger partial charge >= 0.3 is 5.69 Å². The predicted molar refractivity (Wildman–Crippen MR) is 55.5 cm³/mol. The molecule has 1 aromatic heterocycles. The summed E-state index contributed by atoms with van der Waals surface area (Å²) in [7, 11) is 0. The number of H-pyrrole nitrogens is 2. The van der Waals surface area contributed by atoms with Crippen molar-refractivity contribution in [2.24, 2.45) is 0 Å². The van der Waals surface area contributed by atoms with Gasteiger partial charge in [0, 0.05) is 6.54 Å². The average Bonchev–Trinajstić information content (AvgIpc) is 2.09. The van der Waals surface area contributed by atoms with Gasteiger partial charge in [0.05, 0.1) is 0 Å². The molecule has 0 unspecified atom stereocenters. The third kappa shape index (κ3) is 2.38. The van der Waals surface area contributed by atoms with Gasteiger partial charge in [-0.25, -0.2) is 4.79 Å². The van der Waals surface area contributed by atoms with Crippen molar-refractivity contribution in [1.29, 1.82) is 0 Å². The van der Waals surface area contributed by atoms with E-state index in [1.54, 1.807) is 0 Å². The maximum absolute atomic E-state index is 11.2. The number of anilines is 2. The summed E-state index contributed by atoms with van der Waals surface area (Å²) < 4.78 is 0. The monoisotopic (exact) mass is 198 g/mol. The molecule has 6 nitrogen and oxygen atoms in total. The highest BCUT2D eigenvalue weighted by Gasteiger charge is 2.04. The fraction of sp³-hybridized carbons (Fsp3) is 0.500. The highest BCUT2D eigenvalue weighted by molar-refractivity contribution is 5.59.